The minimum absolute atomic E-state index is 0.147. The maximum absolute atomic E-state index is 12.2. The lowest BCUT2D eigenvalue weighted by atomic mass is 10.1. The van der Waals surface area contributed by atoms with E-state index < -0.39 is 0 Å². The van der Waals surface area contributed by atoms with E-state index in [-0.39, 0.29) is 5.56 Å². The van der Waals surface area contributed by atoms with E-state index in [2.05, 4.69) is 26.9 Å². The Morgan fingerprint density at radius 3 is 2.76 bits per heavy atom. The molecular formula is C16H13N3OS. The summed E-state index contributed by atoms with van der Waals surface area (Å²) in [4.78, 5) is 23.6. The smallest absolute Gasteiger partial charge is 0.258 e. The molecule has 104 valence electrons. The number of aromatic nitrogens is 2. The van der Waals surface area contributed by atoms with E-state index in [1.807, 2.05) is 18.2 Å². The highest BCUT2D eigenvalue weighted by molar-refractivity contribution is 7.22. The zero-order valence-corrected chi connectivity index (χ0v) is 12.3. The van der Waals surface area contributed by atoms with Crippen LogP contribution < -0.4 is 5.56 Å². The van der Waals surface area contributed by atoms with E-state index in [1.54, 1.807) is 6.92 Å². The summed E-state index contributed by atoms with van der Waals surface area (Å²) in [7, 11) is 0. The van der Waals surface area contributed by atoms with Crippen molar-refractivity contribution in [3.63, 3.8) is 0 Å². The highest BCUT2D eigenvalue weighted by atomic mass is 32.1. The van der Waals surface area contributed by atoms with E-state index >= 15 is 0 Å². The Balaban J connectivity index is 1.94. The van der Waals surface area contributed by atoms with Crippen LogP contribution in [-0.2, 0) is 12.8 Å². The van der Waals surface area contributed by atoms with Crippen LogP contribution >= 0.6 is 11.3 Å². The van der Waals surface area contributed by atoms with Crippen molar-refractivity contribution in [2.75, 3.05) is 0 Å². The van der Waals surface area contributed by atoms with Gasteiger partial charge in [-0.25, -0.2) is 9.83 Å². The minimum Gasteiger partial charge on any atom is -0.310 e. The molecule has 0 aliphatic carbocycles. The Hall–Kier alpha value is -2.45. The largest absolute Gasteiger partial charge is 0.310 e. The number of aryl methyl sites for hydroxylation is 3. The van der Waals surface area contributed by atoms with Crippen molar-refractivity contribution >= 4 is 26.6 Å². The SMILES string of the molecule is [C-]#[N+]c1sc2nc(CCc3ccccc3)[nH]c(=O)c2c1C. The van der Waals surface area contributed by atoms with E-state index in [4.69, 9.17) is 6.57 Å². The molecule has 1 N–H and O–H groups in total. The van der Waals surface area contributed by atoms with Gasteiger partial charge in [-0.2, -0.15) is 0 Å². The van der Waals surface area contributed by atoms with Gasteiger partial charge in [0.25, 0.3) is 5.56 Å². The summed E-state index contributed by atoms with van der Waals surface area (Å²) < 4.78 is 0. The first-order valence-corrected chi connectivity index (χ1v) is 7.44. The predicted octanol–water partition coefficient (Wildman–Crippen LogP) is 3.63. The van der Waals surface area contributed by atoms with E-state index in [0.717, 1.165) is 12.0 Å². The third-order valence-corrected chi connectivity index (χ3v) is 4.50. The highest BCUT2D eigenvalue weighted by Crippen LogP contribution is 2.34. The van der Waals surface area contributed by atoms with Gasteiger partial charge in [0, 0.05) is 6.42 Å². The summed E-state index contributed by atoms with van der Waals surface area (Å²) in [5.41, 5.74) is 1.80. The fourth-order valence-corrected chi connectivity index (χ4v) is 3.30. The van der Waals surface area contributed by atoms with Crippen molar-refractivity contribution in [2.24, 2.45) is 0 Å². The average molecular weight is 295 g/mol. The molecule has 2 aromatic heterocycles. The maximum Gasteiger partial charge on any atom is 0.258 e. The van der Waals surface area contributed by atoms with Crippen LogP contribution in [0, 0.1) is 13.5 Å². The molecule has 0 radical (unpaired) electrons. The second-order valence-electron chi connectivity index (χ2n) is 4.82. The molecule has 5 heteroatoms. The van der Waals surface area contributed by atoms with Crippen LogP contribution in [0.1, 0.15) is 17.0 Å². The molecule has 0 fully saturated rings. The minimum atomic E-state index is -0.147. The second-order valence-corrected chi connectivity index (χ2v) is 5.80. The molecule has 3 aromatic rings. The highest BCUT2D eigenvalue weighted by Gasteiger charge is 2.13. The lowest BCUT2D eigenvalue weighted by Gasteiger charge is -2.02. The number of fused-ring (bicyclic) bond motifs is 1. The van der Waals surface area contributed by atoms with Crippen molar-refractivity contribution in [1.82, 2.24) is 9.97 Å². The van der Waals surface area contributed by atoms with Gasteiger partial charge >= 0.3 is 0 Å². The van der Waals surface area contributed by atoms with Gasteiger partial charge in [-0.1, -0.05) is 30.3 Å². The van der Waals surface area contributed by atoms with Crippen LogP contribution in [0.3, 0.4) is 0 Å². The van der Waals surface area contributed by atoms with Gasteiger partial charge in [0.15, 0.2) is 0 Å². The molecule has 0 saturated carbocycles. The van der Waals surface area contributed by atoms with Gasteiger partial charge < -0.3 is 4.98 Å². The van der Waals surface area contributed by atoms with Crippen molar-refractivity contribution in [1.29, 1.82) is 0 Å². The number of benzene rings is 1. The van der Waals surface area contributed by atoms with Crippen LogP contribution in [0.4, 0.5) is 5.00 Å². The van der Waals surface area contributed by atoms with E-state index in [9.17, 15) is 4.79 Å². The molecule has 0 unspecified atom stereocenters. The van der Waals surface area contributed by atoms with Gasteiger partial charge in [0.05, 0.1) is 12.0 Å². The molecule has 4 nitrogen and oxygen atoms in total. The zero-order valence-electron chi connectivity index (χ0n) is 11.5. The molecule has 1 aromatic carbocycles. The van der Waals surface area contributed by atoms with Crippen molar-refractivity contribution in [2.45, 2.75) is 19.8 Å². The third kappa shape index (κ3) is 2.58. The van der Waals surface area contributed by atoms with E-state index in [1.165, 1.54) is 16.9 Å². The standard InChI is InChI=1S/C16H13N3OS/c1-10-13-14(20)18-12(19-16(13)21-15(10)17-2)9-8-11-6-4-3-5-7-11/h3-7H,8-9H2,1H3,(H,18,19,20). The van der Waals surface area contributed by atoms with Crippen LogP contribution in [0.25, 0.3) is 15.1 Å². The van der Waals surface area contributed by atoms with Crippen LogP contribution in [0.15, 0.2) is 35.1 Å². The Morgan fingerprint density at radius 2 is 2.05 bits per heavy atom. The number of H-pyrrole nitrogens is 1. The Labute approximate surface area is 125 Å². The summed E-state index contributed by atoms with van der Waals surface area (Å²) in [5.74, 6) is 0.675. The van der Waals surface area contributed by atoms with Gasteiger partial charge in [0.1, 0.15) is 10.7 Å². The summed E-state index contributed by atoms with van der Waals surface area (Å²) >= 11 is 1.29. The molecule has 0 amide bonds. The molecule has 0 spiro atoms. The van der Waals surface area contributed by atoms with E-state index in [0.29, 0.717) is 27.5 Å². The molecule has 0 saturated heterocycles. The quantitative estimate of drug-likeness (QED) is 0.750. The summed E-state index contributed by atoms with van der Waals surface area (Å²) in [6, 6.07) is 10.1. The molecule has 0 bridgehead atoms. The Bertz CT molecular complexity index is 888. The zero-order chi connectivity index (χ0) is 14.8. The Morgan fingerprint density at radius 1 is 1.29 bits per heavy atom. The molecule has 0 aliphatic rings. The number of rotatable bonds is 3. The number of nitrogens with zero attached hydrogens (tertiary/aromatic N) is 2. The summed E-state index contributed by atoms with van der Waals surface area (Å²) in [6.07, 6.45) is 1.51. The first kappa shape index (κ1) is 13.5. The number of thiophene rings is 1. The fourth-order valence-electron chi connectivity index (χ4n) is 2.31. The van der Waals surface area contributed by atoms with Crippen LogP contribution in [0.5, 0.6) is 0 Å². The molecule has 3 rings (SSSR count). The number of hydrogen-bond acceptors (Lipinski definition) is 3. The van der Waals surface area contributed by atoms with Crippen molar-refractivity contribution in [3.05, 3.63) is 69.1 Å². The van der Waals surface area contributed by atoms with Gasteiger partial charge in [-0.15, -0.1) is 11.3 Å². The number of aromatic amines is 1. The molecule has 0 atom stereocenters. The maximum atomic E-state index is 12.2. The predicted molar refractivity (Wildman–Crippen MR) is 85.1 cm³/mol. The fraction of sp³-hybridized carbons (Fsp3) is 0.188. The van der Waals surface area contributed by atoms with Crippen molar-refractivity contribution in [3.8, 4) is 0 Å². The average Bonchev–Trinajstić information content (AvgIpc) is 2.83. The van der Waals surface area contributed by atoms with Crippen molar-refractivity contribution < 1.29 is 0 Å². The third-order valence-electron chi connectivity index (χ3n) is 3.42. The molecule has 0 aliphatic heterocycles. The lowest BCUT2D eigenvalue weighted by molar-refractivity contribution is 0.862. The molecule has 21 heavy (non-hydrogen) atoms. The summed E-state index contributed by atoms with van der Waals surface area (Å²) in [6.45, 7) is 8.93. The summed E-state index contributed by atoms with van der Waals surface area (Å²) in [5, 5.41) is 1.10. The second kappa shape index (κ2) is 5.51. The van der Waals surface area contributed by atoms with Gasteiger partial charge in [-0.3, -0.25) is 4.79 Å². The monoisotopic (exact) mass is 295 g/mol. The van der Waals surface area contributed by atoms with Gasteiger partial charge in [0.2, 0.25) is 5.00 Å². The van der Waals surface area contributed by atoms with Crippen LogP contribution in [-0.4, -0.2) is 9.97 Å². The van der Waals surface area contributed by atoms with Crippen LogP contribution in [0.2, 0.25) is 0 Å². The molecular weight excluding hydrogens is 282 g/mol. The van der Waals surface area contributed by atoms with Gasteiger partial charge in [-0.05, 0) is 24.5 Å². The normalized spacial score (nSPS) is 10.7. The molecule has 2 heterocycles. The lowest BCUT2D eigenvalue weighted by Crippen LogP contribution is -2.12. The first-order valence-electron chi connectivity index (χ1n) is 6.62. The Kier molecular flexibility index (Phi) is 3.55. The number of nitrogens with one attached hydrogen (secondary N) is 1. The number of hydrogen-bond donors (Lipinski definition) is 1. The topological polar surface area (TPSA) is 50.1 Å². The first-order chi connectivity index (χ1) is 10.2.